The van der Waals surface area contributed by atoms with Crippen molar-refractivity contribution in [3.63, 3.8) is 0 Å². The van der Waals surface area contributed by atoms with Crippen LogP contribution in [0, 0.1) is 18.3 Å². The zero-order valence-electron chi connectivity index (χ0n) is 13.7. The normalized spacial score (nSPS) is 9.50. The van der Waals surface area contributed by atoms with E-state index in [9.17, 15) is 0 Å². The zero-order chi connectivity index (χ0) is 15.5. The Balaban J connectivity index is 0.000000621. The Hall–Kier alpha value is -1.70. The first-order valence-corrected chi connectivity index (χ1v) is 7.41. The van der Waals surface area contributed by atoms with Crippen LogP contribution >= 0.6 is 0 Å². The van der Waals surface area contributed by atoms with Crippen LogP contribution in [0.25, 0.3) is 5.57 Å². The van der Waals surface area contributed by atoms with Crippen LogP contribution in [0.3, 0.4) is 0 Å². The number of hydrogen-bond donors (Lipinski definition) is 0. The maximum Gasteiger partial charge on any atom is 0.0143 e. The van der Waals surface area contributed by atoms with Crippen LogP contribution in [0.1, 0.15) is 64.5 Å². The molecule has 0 radical (unpaired) electrons. The van der Waals surface area contributed by atoms with Crippen LogP contribution in [0.4, 0.5) is 0 Å². The Bertz CT molecular complexity index is 460. The topological polar surface area (TPSA) is 0 Å². The van der Waals surface area contributed by atoms with Crippen LogP contribution in [0.5, 0.6) is 0 Å². The molecule has 0 saturated heterocycles. The molecule has 0 fully saturated rings. The number of allylic oxidation sites excluding steroid dienone is 1. The third kappa shape index (κ3) is 7.03. The van der Waals surface area contributed by atoms with Gasteiger partial charge in [0, 0.05) is 11.5 Å². The first-order valence-electron chi connectivity index (χ1n) is 7.41. The highest BCUT2D eigenvalue weighted by atomic mass is 14.1. The van der Waals surface area contributed by atoms with Gasteiger partial charge in [0.1, 0.15) is 0 Å². The van der Waals surface area contributed by atoms with Crippen molar-refractivity contribution in [2.24, 2.45) is 5.92 Å². The van der Waals surface area contributed by atoms with E-state index in [1.54, 1.807) is 0 Å². The van der Waals surface area contributed by atoms with Crippen molar-refractivity contribution in [1.29, 1.82) is 0 Å². The summed E-state index contributed by atoms with van der Waals surface area (Å²) >= 11 is 0. The van der Waals surface area contributed by atoms with Crippen LogP contribution in [-0.2, 0) is 0 Å². The van der Waals surface area contributed by atoms with Gasteiger partial charge in [-0.05, 0) is 23.5 Å². The van der Waals surface area contributed by atoms with E-state index in [2.05, 4.69) is 63.3 Å². The van der Waals surface area contributed by atoms with Gasteiger partial charge in [-0.1, -0.05) is 71.9 Å². The van der Waals surface area contributed by atoms with Gasteiger partial charge in [-0.25, -0.2) is 0 Å². The summed E-state index contributed by atoms with van der Waals surface area (Å²) in [7, 11) is 0. The summed E-state index contributed by atoms with van der Waals surface area (Å²) in [6.45, 7) is 14.3. The molecule has 0 nitrogen and oxygen atoms in total. The molecule has 0 saturated carbocycles. The Morgan fingerprint density at radius 1 is 1.15 bits per heavy atom. The van der Waals surface area contributed by atoms with E-state index in [1.165, 1.54) is 16.7 Å². The SMILES string of the molecule is C#CC(C)C.C=C=C(CCC)c1ccc(C(C)C)cc1. The number of hydrogen-bond acceptors (Lipinski definition) is 0. The summed E-state index contributed by atoms with van der Waals surface area (Å²) < 4.78 is 0. The van der Waals surface area contributed by atoms with Gasteiger partial charge >= 0.3 is 0 Å². The van der Waals surface area contributed by atoms with Crippen LogP contribution in [0.15, 0.2) is 36.6 Å². The second-order valence-electron chi connectivity index (χ2n) is 5.50. The van der Waals surface area contributed by atoms with E-state index < -0.39 is 0 Å². The van der Waals surface area contributed by atoms with Crippen molar-refractivity contribution >= 4 is 5.57 Å². The van der Waals surface area contributed by atoms with Gasteiger partial charge in [0.25, 0.3) is 0 Å². The van der Waals surface area contributed by atoms with Gasteiger partial charge < -0.3 is 0 Å². The van der Waals surface area contributed by atoms with Gasteiger partial charge in [-0.15, -0.1) is 18.1 Å². The molecule has 0 N–H and O–H groups in total. The van der Waals surface area contributed by atoms with E-state index in [0.717, 1.165) is 12.8 Å². The van der Waals surface area contributed by atoms with Crippen molar-refractivity contribution in [3.05, 3.63) is 47.7 Å². The Morgan fingerprint density at radius 3 is 1.95 bits per heavy atom. The summed E-state index contributed by atoms with van der Waals surface area (Å²) in [5.74, 6) is 3.54. The standard InChI is InChI=1S/C15H20.C5H8/c1-5-7-13(6-2)15-10-8-14(9-11-15)12(3)4;1-4-5(2)3/h8-12H,2,5,7H2,1,3-4H3;1,5H,2-3H3. The molecule has 108 valence electrons. The molecule has 0 amide bonds. The van der Waals surface area contributed by atoms with Gasteiger partial charge in [-0.3, -0.25) is 0 Å². The zero-order valence-corrected chi connectivity index (χ0v) is 13.7. The molecular weight excluding hydrogens is 240 g/mol. The third-order valence-corrected chi connectivity index (χ3v) is 2.97. The lowest BCUT2D eigenvalue weighted by Gasteiger charge is -2.07. The first-order chi connectivity index (χ1) is 9.46. The van der Waals surface area contributed by atoms with Crippen LogP contribution in [-0.4, -0.2) is 0 Å². The van der Waals surface area contributed by atoms with Crippen molar-refractivity contribution in [2.75, 3.05) is 0 Å². The van der Waals surface area contributed by atoms with E-state index in [0.29, 0.717) is 11.8 Å². The smallest absolute Gasteiger partial charge is 0.0143 e. The molecule has 0 aliphatic heterocycles. The average Bonchev–Trinajstić information content (AvgIpc) is 2.45. The third-order valence-electron chi connectivity index (χ3n) is 2.97. The molecule has 0 heterocycles. The van der Waals surface area contributed by atoms with Crippen molar-refractivity contribution in [3.8, 4) is 12.3 Å². The summed E-state index contributed by atoms with van der Waals surface area (Å²) in [4.78, 5) is 0. The molecule has 0 aromatic heterocycles. The van der Waals surface area contributed by atoms with E-state index >= 15 is 0 Å². The largest absolute Gasteiger partial charge is 0.125 e. The number of terminal acetylenes is 1. The minimum atomic E-state index is 0.412. The molecule has 0 aliphatic rings. The van der Waals surface area contributed by atoms with Gasteiger partial charge in [0.15, 0.2) is 0 Å². The van der Waals surface area contributed by atoms with Gasteiger partial charge in [0.2, 0.25) is 0 Å². The highest BCUT2D eigenvalue weighted by Crippen LogP contribution is 2.21. The molecule has 0 spiro atoms. The Morgan fingerprint density at radius 2 is 1.65 bits per heavy atom. The summed E-state index contributed by atoms with van der Waals surface area (Å²) in [5.41, 5.74) is 6.91. The highest BCUT2D eigenvalue weighted by molar-refractivity contribution is 5.64. The van der Waals surface area contributed by atoms with Crippen molar-refractivity contribution < 1.29 is 0 Å². The van der Waals surface area contributed by atoms with Crippen LogP contribution in [0.2, 0.25) is 0 Å². The molecule has 1 aromatic carbocycles. The second kappa shape index (κ2) is 10.1. The Labute approximate surface area is 125 Å². The van der Waals surface area contributed by atoms with E-state index in [4.69, 9.17) is 6.42 Å². The minimum absolute atomic E-state index is 0.412. The summed E-state index contributed by atoms with van der Waals surface area (Å²) in [6, 6.07) is 8.76. The maximum absolute atomic E-state index is 4.92. The molecule has 0 bridgehead atoms. The summed E-state index contributed by atoms with van der Waals surface area (Å²) in [6.07, 6.45) is 7.12. The fraction of sp³-hybridized carbons (Fsp3) is 0.450. The quantitative estimate of drug-likeness (QED) is 0.460. The maximum atomic E-state index is 4.92. The van der Waals surface area contributed by atoms with Crippen molar-refractivity contribution in [2.45, 2.75) is 53.4 Å². The lowest BCUT2D eigenvalue weighted by atomic mass is 9.97. The first kappa shape index (κ1) is 18.3. The van der Waals surface area contributed by atoms with E-state index in [-0.39, 0.29) is 0 Å². The number of rotatable bonds is 4. The van der Waals surface area contributed by atoms with Gasteiger partial charge in [0.05, 0.1) is 0 Å². The molecular formula is C20H28. The summed E-state index contributed by atoms with van der Waals surface area (Å²) in [5, 5.41) is 0. The van der Waals surface area contributed by atoms with Crippen molar-refractivity contribution in [1.82, 2.24) is 0 Å². The molecule has 0 heteroatoms. The average molecular weight is 268 g/mol. The molecule has 20 heavy (non-hydrogen) atoms. The molecule has 1 rings (SSSR count). The highest BCUT2D eigenvalue weighted by Gasteiger charge is 2.01. The predicted molar refractivity (Wildman–Crippen MR) is 91.7 cm³/mol. The molecule has 0 aliphatic carbocycles. The lowest BCUT2D eigenvalue weighted by molar-refractivity contribution is 0.866. The lowest BCUT2D eigenvalue weighted by Crippen LogP contribution is -1.88. The number of benzene rings is 1. The second-order valence-corrected chi connectivity index (χ2v) is 5.50. The molecule has 0 atom stereocenters. The minimum Gasteiger partial charge on any atom is -0.125 e. The Kier molecular flexibility index (Phi) is 9.27. The molecule has 0 unspecified atom stereocenters. The fourth-order valence-corrected chi connectivity index (χ4v) is 1.65. The fourth-order valence-electron chi connectivity index (χ4n) is 1.65. The molecule has 1 aromatic rings. The predicted octanol–water partition coefficient (Wildman–Crippen LogP) is 6.05. The van der Waals surface area contributed by atoms with Crippen LogP contribution < -0.4 is 0 Å². The monoisotopic (exact) mass is 268 g/mol. The van der Waals surface area contributed by atoms with Gasteiger partial charge in [-0.2, -0.15) is 0 Å². The van der Waals surface area contributed by atoms with E-state index in [1.807, 2.05) is 13.8 Å².